The lowest BCUT2D eigenvalue weighted by Crippen LogP contribution is -2.26. The zero-order chi connectivity index (χ0) is 13.1. The number of ether oxygens (including phenoxy) is 2. The molecule has 1 aromatic rings. The summed E-state index contributed by atoms with van der Waals surface area (Å²) < 4.78 is 32.2. The summed E-state index contributed by atoms with van der Waals surface area (Å²) in [4.78, 5) is 11.0. The Morgan fingerprint density at radius 1 is 1.35 bits per heavy atom. The SMILES string of the molecule is COC(=O)C(C)Oc1ccccc1S(N)(=O)=O. The van der Waals surface area contributed by atoms with Crippen molar-refractivity contribution in [2.75, 3.05) is 7.11 Å². The Labute approximate surface area is 99.4 Å². The number of benzene rings is 1. The van der Waals surface area contributed by atoms with Crippen LogP contribution in [-0.2, 0) is 19.6 Å². The van der Waals surface area contributed by atoms with E-state index >= 15 is 0 Å². The van der Waals surface area contributed by atoms with E-state index in [1.165, 1.54) is 32.2 Å². The van der Waals surface area contributed by atoms with Gasteiger partial charge in [-0.25, -0.2) is 18.4 Å². The molecule has 0 radical (unpaired) electrons. The summed E-state index contributed by atoms with van der Waals surface area (Å²) in [6.45, 7) is 1.45. The lowest BCUT2D eigenvalue weighted by molar-refractivity contribution is -0.148. The monoisotopic (exact) mass is 259 g/mol. The first-order valence-corrected chi connectivity index (χ1v) is 6.27. The van der Waals surface area contributed by atoms with Gasteiger partial charge in [0.1, 0.15) is 10.6 Å². The summed E-state index contributed by atoms with van der Waals surface area (Å²) in [7, 11) is -2.67. The predicted molar refractivity (Wildman–Crippen MR) is 59.9 cm³/mol. The Bertz CT molecular complexity index is 511. The number of rotatable bonds is 4. The Kier molecular flexibility index (Phi) is 4.08. The van der Waals surface area contributed by atoms with Gasteiger partial charge < -0.3 is 9.47 Å². The van der Waals surface area contributed by atoms with Crippen LogP contribution in [0.3, 0.4) is 0 Å². The fourth-order valence-electron chi connectivity index (χ4n) is 1.19. The Morgan fingerprint density at radius 2 is 1.94 bits per heavy atom. The highest BCUT2D eigenvalue weighted by Crippen LogP contribution is 2.23. The maximum absolute atomic E-state index is 11.3. The number of primary sulfonamides is 1. The summed E-state index contributed by atoms with van der Waals surface area (Å²) in [5.41, 5.74) is 0. The zero-order valence-electron chi connectivity index (χ0n) is 9.41. The Hall–Kier alpha value is -1.60. The largest absolute Gasteiger partial charge is 0.478 e. The van der Waals surface area contributed by atoms with Crippen molar-refractivity contribution < 1.29 is 22.7 Å². The highest BCUT2D eigenvalue weighted by Gasteiger charge is 2.20. The summed E-state index contributed by atoms with van der Waals surface area (Å²) in [5.74, 6) is -0.581. The van der Waals surface area contributed by atoms with E-state index in [9.17, 15) is 13.2 Å². The summed E-state index contributed by atoms with van der Waals surface area (Å²) in [6.07, 6.45) is -0.914. The molecule has 0 aromatic heterocycles. The van der Waals surface area contributed by atoms with Gasteiger partial charge in [-0.3, -0.25) is 0 Å². The van der Waals surface area contributed by atoms with Crippen LogP contribution in [0.15, 0.2) is 29.2 Å². The lowest BCUT2D eigenvalue weighted by Gasteiger charge is -2.14. The van der Waals surface area contributed by atoms with Crippen molar-refractivity contribution in [1.29, 1.82) is 0 Å². The first-order chi connectivity index (χ1) is 7.86. The molecule has 7 heteroatoms. The smallest absolute Gasteiger partial charge is 0.346 e. The van der Waals surface area contributed by atoms with Gasteiger partial charge in [0.25, 0.3) is 0 Å². The molecule has 0 amide bonds. The fraction of sp³-hybridized carbons (Fsp3) is 0.300. The van der Waals surface area contributed by atoms with Gasteiger partial charge in [-0.05, 0) is 19.1 Å². The number of sulfonamides is 1. The average molecular weight is 259 g/mol. The molecule has 0 bridgehead atoms. The van der Waals surface area contributed by atoms with Crippen molar-refractivity contribution in [2.24, 2.45) is 5.14 Å². The molecule has 0 saturated heterocycles. The third kappa shape index (κ3) is 3.43. The van der Waals surface area contributed by atoms with Crippen LogP contribution in [0.25, 0.3) is 0 Å². The summed E-state index contributed by atoms with van der Waals surface area (Å²) >= 11 is 0. The van der Waals surface area contributed by atoms with Crippen LogP contribution in [-0.4, -0.2) is 27.6 Å². The topological polar surface area (TPSA) is 95.7 Å². The fourth-order valence-corrected chi connectivity index (χ4v) is 1.85. The number of para-hydroxylation sites is 1. The third-order valence-corrected chi connectivity index (χ3v) is 2.94. The molecule has 2 N–H and O–H groups in total. The van der Waals surface area contributed by atoms with Crippen molar-refractivity contribution in [2.45, 2.75) is 17.9 Å². The second-order valence-electron chi connectivity index (χ2n) is 3.27. The minimum atomic E-state index is -3.89. The molecule has 0 fully saturated rings. The Morgan fingerprint density at radius 3 is 2.47 bits per heavy atom. The maximum atomic E-state index is 11.3. The van der Waals surface area contributed by atoms with Crippen molar-refractivity contribution in [1.82, 2.24) is 0 Å². The minimum absolute atomic E-state index is 0.0212. The number of carbonyl (C=O) groups excluding carboxylic acids is 1. The molecule has 0 aliphatic carbocycles. The molecule has 0 saturated carbocycles. The van der Waals surface area contributed by atoms with E-state index in [2.05, 4.69) is 4.74 Å². The first-order valence-electron chi connectivity index (χ1n) is 4.72. The standard InChI is InChI=1S/C10H13NO5S/c1-7(10(12)15-2)16-8-5-3-4-6-9(8)17(11,13)14/h3-7H,1-2H3,(H2,11,13,14). The van der Waals surface area contributed by atoms with E-state index in [1.54, 1.807) is 6.07 Å². The quantitative estimate of drug-likeness (QED) is 0.783. The van der Waals surface area contributed by atoms with Gasteiger partial charge in [-0.15, -0.1) is 0 Å². The number of carbonyl (C=O) groups is 1. The Balaban J connectivity index is 3.04. The van der Waals surface area contributed by atoms with Crippen LogP contribution in [0.5, 0.6) is 5.75 Å². The van der Waals surface area contributed by atoms with Gasteiger partial charge in [0.05, 0.1) is 7.11 Å². The number of nitrogens with two attached hydrogens (primary N) is 1. The summed E-state index contributed by atoms with van der Waals surface area (Å²) in [6, 6.07) is 5.80. The number of esters is 1. The normalized spacial score (nSPS) is 12.9. The second-order valence-corrected chi connectivity index (χ2v) is 4.80. The van der Waals surface area contributed by atoms with E-state index in [1.807, 2.05) is 0 Å². The molecule has 94 valence electrons. The van der Waals surface area contributed by atoms with Crippen LogP contribution in [0, 0.1) is 0 Å². The van der Waals surface area contributed by atoms with E-state index < -0.39 is 22.1 Å². The molecule has 0 spiro atoms. The molecular weight excluding hydrogens is 246 g/mol. The van der Waals surface area contributed by atoms with E-state index in [0.29, 0.717) is 0 Å². The van der Waals surface area contributed by atoms with Crippen LogP contribution in [0.2, 0.25) is 0 Å². The second kappa shape index (κ2) is 5.15. The highest BCUT2D eigenvalue weighted by molar-refractivity contribution is 7.89. The van der Waals surface area contributed by atoms with Gasteiger partial charge in [0.15, 0.2) is 6.10 Å². The molecule has 0 aliphatic heterocycles. The van der Waals surface area contributed by atoms with E-state index in [0.717, 1.165) is 0 Å². The number of hydrogen-bond acceptors (Lipinski definition) is 5. The van der Waals surface area contributed by atoms with E-state index in [-0.39, 0.29) is 10.6 Å². The zero-order valence-corrected chi connectivity index (χ0v) is 10.2. The van der Waals surface area contributed by atoms with Crippen molar-refractivity contribution >= 4 is 16.0 Å². The maximum Gasteiger partial charge on any atom is 0.346 e. The molecular formula is C10H13NO5S. The van der Waals surface area contributed by atoms with Gasteiger partial charge >= 0.3 is 5.97 Å². The van der Waals surface area contributed by atoms with Crippen molar-refractivity contribution in [3.8, 4) is 5.75 Å². The summed E-state index contributed by atoms with van der Waals surface area (Å²) in [5, 5.41) is 5.02. The van der Waals surface area contributed by atoms with E-state index in [4.69, 9.17) is 9.88 Å². The van der Waals surface area contributed by atoms with Gasteiger partial charge in [-0.1, -0.05) is 12.1 Å². The molecule has 1 atom stereocenters. The van der Waals surface area contributed by atoms with Crippen LogP contribution >= 0.6 is 0 Å². The predicted octanol–water partition coefficient (Wildman–Crippen LogP) is 0.274. The van der Waals surface area contributed by atoms with Gasteiger partial charge in [0, 0.05) is 0 Å². The minimum Gasteiger partial charge on any atom is -0.478 e. The van der Waals surface area contributed by atoms with Crippen molar-refractivity contribution in [3.05, 3.63) is 24.3 Å². The number of methoxy groups -OCH3 is 1. The molecule has 0 heterocycles. The number of hydrogen-bond donors (Lipinski definition) is 1. The molecule has 1 aromatic carbocycles. The van der Waals surface area contributed by atoms with Crippen LogP contribution < -0.4 is 9.88 Å². The van der Waals surface area contributed by atoms with Crippen LogP contribution in [0.4, 0.5) is 0 Å². The molecule has 0 aliphatic rings. The molecule has 6 nitrogen and oxygen atoms in total. The molecule has 1 rings (SSSR count). The molecule has 1 unspecified atom stereocenters. The third-order valence-electron chi connectivity index (χ3n) is 1.99. The van der Waals surface area contributed by atoms with Crippen LogP contribution in [0.1, 0.15) is 6.92 Å². The average Bonchev–Trinajstić information content (AvgIpc) is 2.27. The lowest BCUT2D eigenvalue weighted by atomic mass is 10.3. The van der Waals surface area contributed by atoms with Gasteiger partial charge in [-0.2, -0.15) is 0 Å². The van der Waals surface area contributed by atoms with Crippen molar-refractivity contribution in [3.63, 3.8) is 0 Å². The highest BCUT2D eigenvalue weighted by atomic mass is 32.2. The molecule has 17 heavy (non-hydrogen) atoms. The first kappa shape index (κ1) is 13.5. The van der Waals surface area contributed by atoms with Gasteiger partial charge in [0.2, 0.25) is 10.0 Å².